The predicted molar refractivity (Wildman–Crippen MR) is 55.7 cm³/mol. The zero-order chi connectivity index (χ0) is 8.43. The van der Waals surface area contributed by atoms with E-state index in [-0.39, 0.29) is 0 Å². The van der Waals surface area contributed by atoms with Crippen LogP contribution in [-0.2, 0) is 0 Å². The Kier molecular flexibility index (Phi) is 3.29. The normalized spacial score (nSPS) is 10.2. The molecule has 0 aliphatic carbocycles. The fourth-order valence-corrected chi connectivity index (χ4v) is 2.76. The van der Waals surface area contributed by atoms with Crippen molar-refractivity contribution in [3.05, 3.63) is 27.2 Å². The molecule has 0 fully saturated rings. The van der Waals surface area contributed by atoms with Gasteiger partial charge in [0, 0.05) is 9.37 Å². The van der Waals surface area contributed by atoms with Crippen molar-refractivity contribution in [2.75, 3.05) is 6.26 Å². The minimum atomic E-state index is 0.815. The fourth-order valence-electron chi connectivity index (χ4n) is 0.818. The standard InChI is InChI=1S/C8H8BrClS/c1-5-3-4-6(10)8(11-2)7(5)9/h3-4H,1-2H3. The van der Waals surface area contributed by atoms with Crippen LogP contribution in [0.1, 0.15) is 5.56 Å². The highest BCUT2D eigenvalue weighted by molar-refractivity contribution is 9.10. The molecule has 0 N–H and O–H groups in total. The summed E-state index contributed by atoms with van der Waals surface area (Å²) < 4.78 is 1.11. The van der Waals surface area contributed by atoms with Gasteiger partial charge in [0.2, 0.25) is 0 Å². The first kappa shape index (κ1) is 9.43. The van der Waals surface area contributed by atoms with Crippen LogP contribution >= 0.6 is 39.3 Å². The third-order valence-electron chi connectivity index (χ3n) is 1.45. The van der Waals surface area contributed by atoms with Crippen LogP contribution in [0.5, 0.6) is 0 Å². The molecule has 0 amide bonds. The van der Waals surface area contributed by atoms with Gasteiger partial charge in [0.1, 0.15) is 0 Å². The van der Waals surface area contributed by atoms with Crippen LogP contribution in [0.3, 0.4) is 0 Å². The predicted octanol–water partition coefficient (Wildman–Crippen LogP) is 4.13. The Labute approximate surface area is 84.5 Å². The van der Waals surface area contributed by atoms with Crippen LogP contribution in [-0.4, -0.2) is 6.26 Å². The van der Waals surface area contributed by atoms with Gasteiger partial charge >= 0.3 is 0 Å². The average molecular weight is 252 g/mol. The summed E-state index contributed by atoms with van der Waals surface area (Å²) in [7, 11) is 0. The third-order valence-corrected chi connectivity index (χ3v) is 3.99. The molecule has 60 valence electrons. The molecule has 0 bridgehead atoms. The molecule has 0 spiro atoms. The maximum Gasteiger partial charge on any atom is 0.0553 e. The van der Waals surface area contributed by atoms with Gasteiger partial charge in [-0.3, -0.25) is 0 Å². The van der Waals surface area contributed by atoms with Crippen molar-refractivity contribution in [3.63, 3.8) is 0 Å². The summed E-state index contributed by atoms with van der Waals surface area (Å²) in [4.78, 5) is 1.12. The fraction of sp³-hybridized carbons (Fsp3) is 0.250. The second kappa shape index (κ2) is 3.83. The van der Waals surface area contributed by atoms with Gasteiger partial charge in [-0.15, -0.1) is 11.8 Å². The molecule has 0 atom stereocenters. The summed E-state index contributed by atoms with van der Waals surface area (Å²) in [6.07, 6.45) is 2.02. The molecule has 1 rings (SSSR count). The Hall–Kier alpha value is 0.340. The number of hydrogen-bond donors (Lipinski definition) is 0. The number of rotatable bonds is 1. The third kappa shape index (κ3) is 1.92. The summed E-state index contributed by atoms with van der Waals surface area (Å²) in [5.41, 5.74) is 1.22. The molecule has 0 saturated heterocycles. The summed E-state index contributed by atoms with van der Waals surface area (Å²) in [6, 6.07) is 3.93. The Morgan fingerprint density at radius 2 is 2.09 bits per heavy atom. The Morgan fingerprint density at radius 1 is 1.45 bits per heavy atom. The van der Waals surface area contributed by atoms with E-state index in [9.17, 15) is 0 Å². The van der Waals surface area contributed by atoms with Gasteiger partial charge in [-0.25, -0.2) is 0 Å². The molecule has 0 aliphatic rings. The minimum Gasteiger partial charge on any atom is -0.127 e. The highest BCUT2D eigenvalue weighted by atomic mass is 79.9. The van der Waals surface area contributed by atoms with Gasteiger partial charge in [-0.1, -0.05) is 17.7 Å². The molecule has 11 heavy (non-hydrogen) atoms. The quantitative estimate of drug-likeness (QED) is 0.676. The van der Waals surface area contributed by atoms with Crippen LogP contribution in [0.2, 0.25) is 5.02 Å². The molecule has 0 saturated carbocycles. The first-order chi connectivity index (χ1) is 5.16. The highest BCUT2D eigenvalue weighted by Crippen LogP contribution is 2.34. The lowest BCUT2D eigenvalue weighted by Crippen LogP contribution is -1.80. The topological polar surface area (TPSA) is 0 Å². The zero-order valence-corrected chi connectivity index (χ0v) is 9.48. The minimum absolute atomic E-state index is 0.815. The van der Waals surface area contributed by atoms with E-state index in [1.54, 1.807) is 11.8 Å². The van der Waals surface area contributed by atoms with E-state index in [1.807, 2.05) is 18.4 Å². The number of hydrogen-bond acceptors (Lipinski definition) is 1. The van der Waals surface area contributed by atoms with Crippen LogP contribution in [0.15, 0.2) is 21.5 Å². The maximum absolute atomic E-state index is 5.95. The SMILES string of the molecule is CSc1c(Cl)ccc(C)c1Br. The summed E-state index contributed by atoms with van der Waals surface area (Å²) in [5.74, 6) is 0. The van der Waals surface area contributed by atoms with Crippen LogP contribution < -0.4 is 0 Å². The number of thioether (sulfide) groups is 1. The molecule has 0 unspecified atom stereocenters. The van der Waals surface area contributed by atoms with Crippen molar-refractivity contribution in [3.8, 4) is 0 Å². The van der Waals surface area contributed by atoms with E-state index in [2.05, 4.69) is 22.9 Å². The van der Waals surface area contributed by atoms with Crippen LogP contribution in [0.25, 0.3) is 0 Å². The van der Waals surface area contributed by atoms with Crippen molar-refractivity contribution in [2.45, 2.75) is 11.8 Å². The summed E-state index contributed by atoms with van der Waals surface area (Å²) in [6.45, 7) is 2.06. The highest BCUT2D eigenvalue weighted by Gasteiger charge is 2.05. The van der Waals surface area contributed by atoms with Crippen LogP contribution in [0, 0.1) is 6.92 Å². The van der Waals surface area contributed by atoms with Gasteiger partial charge in [0.25, 0.3) is 0 Å². The molecule has 0 aliphatic heterocycles. The Bertz CT molecular complexity index is 273. The lowest BCUT2D eigenvalue weighted by atomic mass is 10.2. The number of aryl methyl sites for hydroxylation is 1. The summed E-state index contributed by atoms with van der Waals surface area (Å²) >= 11 is 11.1. The number of halogens is 2. The zero-order valence-electron chi connectivity index (χ0n) is 6.32. The average Bonchev–Trinajstić information content (AvgIpc) is 1.99. The van der Waals surface area contributed by atoms with Crippen LogP contribution in [0.4, 0.5) is 0 Å². The Balaban J connectivity index is 3.29. The Morgan fingerprint density at radius 3 is 2.55 bits per heavy atom. The van der Waals surface area contributed by atoms with Gasteiger partial charge in [-0.05, 0) is 40.7 Å². The lowest BCUT2D eigenvalue weighted by molar-refractivity contribution is 1.31. The molecule has 0 heterocycles. The molecule has 0 radical (unpaired) electrons. The van der Waals surface area contributed by atoms with E-state index in [0.717, 1.165) is 14.4 Å². The van der Waals surface area contributed by atoms with Crippen molar-refractivity contribution < 1.29 is 0 Å². The molecular weight excluding hydrogens is 244 g/mol. The molecular formula is C8H8BrClS. The second-order valence-corrected chi connectivity index (χ2v) is 4.23. The lowest BCUT2D eigenvalue weighted by Gasteiger charge is -2.05. The van der Waals surface area contributed by atoms with Gasteiger partial charge in [0.05, 0.1) is 5.02 Å². The maximum atomic E-state index is 5.95. The first-order valence-electron chi connectivity index (χ1n) is 3.15. The largest absolute Gasteiger partial charge is 0.127 e. The smallest absolute Gasteiger partial charge is 0.0553 e. The molecule has 3 heteroatoms. The molecule has 0 nitrogen and oxygen atoms in total. The van der Waals surface area contributed by atoms with E-state index < -0.39 is 0 Å². The molecule has 0 aromatic heterocycles. The van der Waals surface area contributed by atoms with Gasteiger partial charge < -0.3 is 0 Å². The molecule has 1 aromatic rings. The summed E-state index contributed by atoms with van der Waals surface area (Å²) in [5, 5.41) is 0.815. The molecule has 1 aromatic carbocycles. The first-order valence-corrected chi connectivity index (χ1v) is 5.55. The van der Waals surface area contributed by atoms with E-state index in [0.29, 0.717) is 0 Å². The van der Waals surface area contributed by atoms with Crippen molar-refractivity contribution in [1.29, 1.82) is 0 Å². The second-order valence-electron chi connectivity index (χ2n) is 2.21. The van der Waals surface area contributed by atoms with E-state index in [1.165, 1.54) is 5.56 Å². The van der Waals surface area contributed by atoms with Gasteiger partial charge in [0.15, 0.2) is 0 Å². The van der Waals surface area contributed by atoms with Gasteiger partial charge in [-0.2, -0.15) is 0 Å². The van der Waals surface area contributed by atoms with Crippen molar-refractivity contribution in [1.82, 2.24) is 0 Å². The monoisotopic (exact) mass is 250 g/mol. The van der Waals surface area contributed by atoms with Crippen molar-refractivity contribution in [2.24, 2.45) is 0 Å². The number of benzene rings is 1. The van der Waals surface area contributed by atoms with Crippen molar-refractivity contribution >= 4 is 39.3 Å². The van der Waals surface area contributed by atoms with E-state index in [4.69, 9.17) is 11.6 Å². The van der Waals surface area contributed by atoms with E-state index >= 15 is 0 Å².